The number of hydrogen-bond donors (Lipinski definition) is 1. The number of benzene rings is 3. The van der Waals surface area contributed by atoms with Gasteiger partial charge in [0.05, 0.1) is 11.4 Å². The molecule has 0 saturated carbocycles. The molecule has 0 aliphatic carbocycles. The van der Waals surface area contributed by atoms with Crippen molar-refractivity contribution >= 4 is 23.3 Å². The predicted octanol–water partition coefficient (Wildman–Crippen LogP) is 4.80. The van der Waals surface area contributed by atoms with Crippen LogP contribution in [0.25, 0.3) is 0 Å². The number of nitrogens with two attached hydrogens (primary N) is 1. The van der Waals surface area contributed by atoms with Crippen LogP contribution in [-0.2, 0) is 0 Å². The largest absolute Gasteiger partial charge is 0.372 e. The molecule has 0 unspecified atom stereocenters. The van der Waals surface area contributed by atoms with Gasteiger partial charge in [0.1, 0.15) is 6.29 Å². The van der Waals surface area contributed by atoms with Crippen LogP contribution in [0.3, 0.4) is 0 Å². The van der Waals surface area contributed by atoms with E-state index in [4.69, 9.17) is 5.84 Å². The number of carbonyl (C=O) groups excluding carboxylic acids is 1. The summed E-state index contributed by atoms with van der Waals surface area (Å²) in [5.41, 5.74) is 3.96. The molecule has 0 atom stereocenters. The van der Waals surface area contributed by atoms with Crippen molar-refractivity contribution in [1.82, 2.24) is 0 Å². The number of hydrazine groups is 1. The van der Waals surface area contributed by atoms with Gasteiger partial charge >= 0.3 is 0 Å². The second kappa shape index (κ2) is 9.55. The maximum absolute atomic E-state index is 10.4. The van der Waals surface area contributed by atoms with Crippen molar-refractivity contribution in [2.24, 2.45) is 5.84 Å². The SMILES string of the molecule is NN(c1ccccc1)c1ccccc1.O=Cc1ccc(N2CCCC2)cc1. The minimum absolute atomic E-state index is 0.753. The van der Waals surface area contributed by atoms with Crippen LogP contribution in [0.5, 0.6) is 0 Å². The molecule has 0 radical (unpaired) electrons. The fourth-order valence-electron chi connectivity index (χ4n) is 3.07. The zero-order valence-electron chi connectivity index (χ0n) is 15.4. The van der Waals surface area contributed by atoms with Crippen LogP contribution in [0.1, 0.15) is 23.2 Å². The first-order valence-electron chi connectivity index (χ1n) is 9.23. The molecule has 4 heteroatoms. The van der Waals surface area contributed by atoms with Crippen molar-refractivity contribution in [2.75, 3.05) is 23.0 Å². The normalized spacial score (nSPS) is 12.9. The van der Waals surface area contributed by atoms with Crippen LogP contribution in [0.4, 0.5) is 17.1 Å². The molecule has 1 fully saturated rings. The zero-order chi connectivity index (χ0) is 18.9. The maximum atomic E-state index is 10.4. The van der Waals surface area contributed by atoms with Gasteiger partial charge in [-0.05, 0) is 61.4 Å². The number of aldehydes is 1. The number of nitrogens with zero attached hydrogens (tertiary/aromatic N) is 2. The minimum atomic E-state index is 0.753. The highest BCUT2D eigenvalue weighted by Crippen LogP contribution is 2.20. The summed E-state index contributed by atoms with van der Waals surface area (Å²) in [5.74, 6) is 5.95. The smallest absolute Gasteiger partial charge is 0.150 e. The molecule has 138 valence electrons. The van der Waals surface area contributed by atoms with Gasteiger partial charge in [-0.15, -0.1) is 0 Å². The van der Waals surface area contributed by atoms with E-state index < -0.39 is 0 Å². The minimum Gasteiger partial charge on any atom is -0.372 e. The molecule has 2 N–H and O–H groups in total. The molecular weight excluding hydrogens is 334 g/mol. The van der Waals surface area contributed by atoms with E-state index in [0.29, 0.717) is 0 Å². The average molecular weight is 359 g/mol. The quantitative estimate of drug-likeness (QED) is 0.413. The predicted molar refractivity (Wildman–Crippen MR) is 112 cm³/mol. The maximum Gasteiger partial charge on any atom is 0.150 e. The van der Waals surface area contributed by atoms with Crippen LogP contribution in [0, 0.1) is 0 Å². The summed E-state index contributed by atoms with van der Waals surface area (Å²) in [6.45, 7) is 2.31. The third-order valence-corrected chi connectivity index (χ3v) is 4.57. The fraction of sp³-hybridized carbons (Fsp3) is 0.174. The third kappa shape index (κ3) is 5.19. The van der Waals surface area contributed by atoms with Crippen molar-refractivity contribution in [3.05, 3.63) is 90.5 Å². The molecule has 1 aliphatic rings. The van der Waals surface area contributed by atoms with Gasteiger partial charge in [0.15, 0.2) is 0 Å². The van der Waals surface area contributed by atoms with E-state index in [0.717, 1.165) is 36.3 Å². The molecule has 0 spiro atoms. The first-order chi connectivity index (χ1) is 13.3. The Hall–Kier alpha value is -3.11. The van der Waals surface area contributed by atoms with Gasteiger partial charge in [-0.1, -0.05) is 36.4 Å². The summed E-state index contributed by atoms with van der Waals surface area (Å²) in [5, 5.41) is 1.67. The number of hydrogen-bond acceptors (Lipinski definition) is 4. The number of carbonyl (C=O) groups is 1. The van der Waals surface area contributed by atoms with Gasteiger partial charge in [-0.3, -0.25) is 9.80 Å². The van der Waals surface area contributed by atoms with Gasteiger partial charge in [-0.25, -0.2) is 5.84 Å². The molecule has 0 amide bonds. The highest BCUT2D eigenvalue weighted by molar-refractivity contribution is 5.75. The lowest BCUT2D eigenvalue weighted by molar-refractivity contribution is 0.112. The van der Waals surface area contributed by atoms with Crippen LogP contribution < -0.4 is 15.8 Å². The van der Waals surface area contributed by atoms with Gasteiger partial charge in [0.2, 0.25) is 0 Å². The molecule has 1 saturated heterocycles. The Balaban J connectivity index is 0.000000156. The molecule has 27 heavy (non-hydrogen) atoms. The van der Waals surface area contributed by atoms with E-state index in [9.17, 15) is 4.79 Å². The molecule has 0 aromatic heterocycles. The van der Waals surface area contributed by atoms with Crippen LogP contribution >= 0.6 is 0 Å². The summed E-state index contributed by atoms with van der Waals surface area (Å²) < 4.78 is 0. The lowest BCUT2D eigenvalue weighted by Gasteiger charge is -2.18. The number of para-hydroxylation sites is 2. The summed E-state index contributed by atoms with van der Waals surface area (Å²) in [7, 11) is 0. The van der Waals surface area contributed by atoms with E-state index in [1.165, 1.54) is 18.5 Å². The Bertz CT molecular complexity index is 774. The molecule has 4 nitrogen and oxygen atoms in total. The molecule has 0 bridgehead atoms. The second-order valence-electron chi connectivity index (χ2n) is 6.44. The standard InChI is InChI=1S/C12H12N2.C11H13NO/c13-14(11-7-3-1-4-8-11)12-9-5-2-6-10-12;13-9-10-3-5-11(6-4-10)12-7-1-2-8-12/h1-10H,13H2;3-6,9H,1-2,7-8H2. The zero-order valence-corrected chi connectivity index (χ0v) is 15.4. The Morgan fingerprint density at radius 1 is 0.741 bits per heavy atom. The molecule has 4 rings (SSSR count). The highest BCUT2D eigenvalue weighted by Gasteiger charge is 2.11. The molecule has 1 aliphatic heterocycles. The Kier molecular flexibility index (Phi) is 6.61. The lowest BCUT2D eigenvalue weighted by Crippen LogP contribution is -2.24. The molecule has 3 aromatic carbocycles. The van der Waals surface area contributed by atoms with Crippen molar-refractivity contribution in [2.45, 2.75) is 12.8 Å². The Morgan fingerprint density at radius 2 is 1.22 bits per heavy atom. The second-order valence-corrected chi connectivity index (χ2v) is 6.44. The molecular formula is C23H25N3O. The van der Waals surface area contributed by atoms with E-state index in [1.807, 2.05) is 84.9 Å². The van der Waals surface area contributed by atoms with Gasteiger partial charge in [-0.2, -0.15) is 0 Å². The van der Waals surface area contributed by atoms with E-state index in [-0.39, 0.29) is 0 Å². The average Bonchev–Trinajstić information content (AvgIpc) is 3.30. The van der Waals surface area contributed by atoms with E-state index >= 15 is 0 Å². The lowest BCUT2D eigenvalue weighted by atomic mass is 10.2. The highest BCUT2D eigenvalue weighted by atomic mass is 16.1. The topological polar surface area (TPSA) is 49.6 Å². The Morgan fingerprint density at radius 3 is 1.67 bits per heavy atom. The van der Waals surface area contributed by atoms with Crippen molar-refractivity contribution in [3.63, 3.8) is 0 Å². The van der Waals surface area contributed by atoms with Gasteiger partial charge in [0, 0.05) is 24.3 Å². The summed E-state index contributed by atoms with van der Waals surface area (Å²) >= 11 is 0. The van der Waals surface area contributed by atoms with Crippen LogP contribution in [-0.4, -0.2) is 19.4 Å². The Labute approximate surface area is 160 Å². The van der Waals surface area contributed by atoms with Crippen LogP contribution in [0.15, 0.2) is 84.9 Å². The summed E-state index contributed by atoms with van der Waals surface area (Å²) in [4.78, 5) is 12.8. The molecule has 1 heterocycles. The summed E-state index contributed by atoms with van der Waals surface area (Å²) in [6.07, 6.45) is 3.46. The monoisotopic (exact) mass is 359 g/mol. The van der Waals surface area contributed by atoms with E-state index in [2.05, 4.69) is 4.90 Å². The number of anilines is 3. The van der Waals surface area contributed by atoms with E-state index in [1.54, 1.807) is 5.01 Å². The fourth-order valence-corrected chi connectivity index (χ4v) is 3.07. The van der Waals surface area contributed by atoms with Crippen molar-refractivity contribution in [3.8, 4) is 0 Å². The molecule has 3 aromatic rings. The van der Waals surface area contributed by atoms with Crippen molar-refractivity contribution < 1.29 is 4.79 Å². The van der Waals surface area contributed by atoms with Gasteiger partial charge in [0.25, 0.3) is 0 Å². The third-order valence-electron chi connectivity index (χ3n) is 4.57. The van der Waals surface area contributed by atoms with Crippen LogP contribution in [0.2, 0.25) is 0 Å². The first kappa shape index (κ1) is 18.7. The first-order valence-corrected chi connectivity index (χ1v) is 9.23. The van der Waals surface area contributed by atoms with Crippen molar-refractivity contribution in [1.29, 1.82) is 0 Å². The number of rotatable bonds is 4. The van der Waals surface area contributed by atoms with Gasteiger partial charge < -0.3 is 4.90 Å². The summed E-state index contributed by atoms with van der Waals surface area (Å²) in [6, 6.07) is 27.5.